The molecule has 0 spiro atoms. The van der Waals surface area contributed by atoms with Crippen molar-refractivity contribution >= 4 is 40.5 Å². The summed E-state index contributed by atoms with van der Waals surface area (Å²) in [5.41, 5.74) is 3.38. The van der Waals surface area contributed by atoms with Crippen molar-refractivity contribution in [3.05, 3.63) is 58.6 Å². The van der Waals surface area contributed by atoms with Crippen LogP contribution in [-0.4, -0.2) is 30.3 Å². The number of aliphatic imine (C=N–C) groups is 3. The number of terminal acetylenes is 1. The number of hydrogen-bond acceptors (Lipinski definition) is 3. The third-order valence-electron chi connectivity index (χ3n) is 5.17. The van der Waals surface area contributed by atoms with E-state index in [2.05, 4.69) is 62.7 Å². The fourth-order valence-electron chi connectivity index (χ4n) is 3.52. The molecular formula is C32H49Cl2N3. The Morgan fingerprint density at radius 3 is 2.24 bits per heavy atom. The van der Waals surface area contributed by atoms with E-state index >= 15 is 0 Å². The lowest BCUT2D eigenvalue weighted by atomic mass is 9.92. The summed E-state index contributed by atoms with van der Waals surface area (Å²) >= 11 is 12.1. The Balaban J connectivity index is 0. The zero-order valence-electron chi connectivity index (χ0n) is 24.3. The number of nitrogens with zero attached hydrogens (tertiary/aromatic N) is 3. The summed E-state index contributed by atoms with van der Waals surface area (Å²) in [6, 6.07) is 5.59. The van der Waals surface area contributed by atoms with Crippen molar-refractivity contribution in [2.24, 2.45) is 20.9 Å². The van der Waals surface area contributed by atoms with Gasteiger partial charge in [0.15, 0.2) is 5.84 Å². The lowest BCUT2D eigenvalue weighted by molar-refractivity contribution is 0.524. The van der Waals surface area contributed by atoms with Crippen molar-refractivity contribution < 1.29 is 0 Å². The van der Waals surface area contributed by atoms with E-state index in [1.807, 2.05) is 32.1 Å². The van der Waals surface area contributed by atoms with Crippen molar-refractivity contribution in [2.45, 2.75) is 93.4 Å². The minimum absolute atomic E-state index is 0.554. The van der Waals surface area contributed by atoms with Gasteiger partial charge in [-0.1, -0.05) is 81.8 Å². The van der Waals surface area contributed by atoms with Crippen molar-refractivity contribution in [1.29, 1.82) is 0 Å². The van der Waals surface area contributed by atoms with E-state index in [9.17, 15) is 0 Å². The molecule has 3 nitrogen and oxygen atoms in total. The number of rotatable bonds is 11. The molecule has 0 saturated heterocycles. The molecule has 0 radical (unpaired) electrons. The average Bonchev–Trinajstić information content (AvgIpc) is 3.37. The number of allylic oxidation sites excluding steroid dienone is 3. The molecule has 1 atom stereocenters. The molecule has 0 amide bonds. The predicted molar refractivity (Wildman–Crippen MR) is 171 cm³/mol. The van der Waals surface area contributed by atoms with Gasteiger partial charge >= 0.3 is 0 Å². The van der Waals surface area contributed by atoms with E-state index in [-0.39, 0.29) is 0 Å². The molecule has 0 aliphatic carbocycles. The van der Waals surface area contributed by atoms with Crippen LogP contribution >= 0.6 is 23.2 Å². The molecule has 1 aromatic carbocycles. The summed E-state index contributed by atoms with van der Waals surface area (Å²) in [5, 5.41) is 1.12. The minimum Gasteiger partial charge on any atom is -0.290 e. The average molecular weight is 547 g/mol. The Morgan fingerprint density at radius 2 is 1.76 bits per heavy atom. The molecule has 1 unspecified atom stereocenters. The lowest BCUT2D eigenvalue weighted by Gasteiger charge is -2.15. The second-order valence-corrected chi connectivity index (χ2v) is 9.18. The van der Waals surface area contributed by atoms with Gasteiger partial charge in [0, 0.05) is 23.5 Å². The highest BCUT2D eigenvalue weighted by Crippen LogP contribution is 2.25. The Hall–Kier alpha value is -2.15. The zero-order valence-corrected chi connectivity index (χ0v) is 25.8. The molecule has 0 bridgehead atoms. The van der Waals surface area contributed by atoms with Crippen LogP contribution in [0.15, 0.2) is 58.0 Å². The Kier molecular flexibility index (Phi) is 25.5. The van der Waals surface area contributed by atoms with Gasteiger partial charge in [-0.25, -0.2) is 4.99 Å². The van der Waals surface area contributed by atoms with Crippen LogP contribution in [0.2, 0.25) is 10.0 Å². The Morgan fingerprint density at radius 1 is 1.11 bits per heavy atom. The van der Waals surface area contributed by atoms with E-state index in [1.54, 1.807) is 19.1 Å². The molecule has 0 aromatic heterocycles. The maximum absolute atomic E-state index is 6.09. The summed E-state index contributed by atoms with van der Waals surface area (Å²) in [4.78, 5) is 13.7. The Labute approximate surface area is 238 Å². The quantitative estimate of drug-likeness (QED) is 0.115. The maximum atomic E-state index is 6.09. The van der Waals surface area contributed by atoms with Gasteiger partial charge < -0.3 is 0 Å². The van der Waals surface area contributed by atoms with Gasteiger partial charge in [-0.2, -0.15) is 0 Å². The van der Waals surface area contributed by atoms with Gasteiger partial charge in [0.05, 0.1) is 16.6 Å². The minimum atomic E-state index is 0.554. The van der Waals surface area contributed by atoms with Crippen LogP contribution < -0.4 is 0 Å². The third kappa shape index (κ3) is 17.9. The monoisotopic (exact) mass is 545 g/mol. The molecule has 0 fully saturated rings. The Bertz CT molecular complexity index is 905. The van der Waals surface area contributed by atoms with Crippen molar-refractivity contribution in [3.63, 3.8) is 0 Å². The molecule has 0 N–H and O–H groups in total. The van der Waals surface area contributed by atoms with Crippen LogP contribution in [0.25, 0.3) is 0 Å². The number of halogens is 2. The second-order valence-electron chi connectivity index (χ2n) is 8.37. The molecule has 1 aliphatic rings. The van der Waals surface area contributed by atoms with Crippen LogP contribution in [0.1, 0.15) is 99.0 Å². The van der Waals surface area contributed by atoms with Gasteiger partial charge in [-0.15, -0.1) is 18.9 Å². The smallest absolute Gasteiger partial charge is 0.154 e. The van der Waals surface area contributed by atoms with Crippen LogP contribution in [0.3, 0.4) is 0 Å². The standard InChI is InChI=1S/C18H24Cl2N2.C8H15N.C3H6.C3H4/c1-3-5-6-8-13(7-4-2)17-12-21-18(22-17)14-9-10-15(19)16(20)11-14;1-4-7-8(5-2)9-6-3;2*1-3-2/h9-11,13H,3-8,12H2,1-2H3;4,7H,5-6H2,1-3H3;3H,1H2,2H3;1H,2H3/b;7-4+,9-8?;;. The van der Waals surface area contributed by atoms with Crippen molar-refractivity contribution in [2.75, 3.05) is 13.1 Å². The van der Waals surface area contributed by atoms with Gasteiger partial charge in [0.2, 0.25) is 0 Å². The highest BCUT2D eigenvalue weighted by atomic mass is 35.5. The molecule has 0 saturated carbocycles. The molecular weight excluding hydrogens is 497 g/mol. The molecule has 1 aliphatic heterocycles. The number of hydrogen-bond donors (Lipinski definition) is 0. The van der Waals surface area contributed by atoms with Crippen LogP contribution in [-0.2, 0) is 0 Å². The van der Waals surface area contributed by atoms with Crippen LogP contribution in [0.4, 0.5) is 0 Å². The molecule has 37 heavy (non-hydrogen) atoms. The topological polar surface area (TPSA) is 37.1 Å². The molecule has 206 valence electrons. The van der Waals surface area contributed by atoms with E-state index < -0.39 is 0 Å². The van der Waals surface area contributed by atoms with Gasteiger partial charge in [-0.05, 0) is 77.2 Å². The first kappa shape index (κ1) is 37.0. The largest absolute Gasteiger partial charge is 0.290 e. The van der Waals surface area contributed by atoms with E-state index in [4.69, 9.17) is 28.2 Å². The van der Waals surface area contributed by atoms with E-state index in [1.165, 1.54) is 49.9 Å². The fraction of sp³-hybridized carbons (Fsp3) is 0.531. The predicted octanol–water partition coefficient (Wildman–Crippen LogP) is 10.5. The zero-order chi connectivity index (χ0) is 28.5. The summed E-state index contributed by atoms with van der Waals surface area (Å²) in [6.07, 6.45) is 18.9. The summed E-state index contributed by atoms with van der Waals surface area (Å²) in [7, 11) is 0. The first-order chi connectivity index (χ1) is 17.8. The van der Waals surface area contributed by atoms with Gasteiger partial charge in [-0.3, -0.25) is 9.98 Å². The van der Waals surface area contributed by atoms with Gasteiger partial charge in [0.25, 0.3) is 0 Å². The molecule has 2 rings (SSSR count). The first-order valence-corrected chi connectivity index (χ1v) is 14.3. The van der Waals surface area contributed by atoms with E-state index in [0.717, 1.165) is 30.9 Å². The second kappa shape index (κ2) is 25.5. The van der Waals surface area contributed by atoms with E-state index in [0.29, 0.717) is 16.0 Å². The number of unbranched alkanes of at least 4 members (excludes halogenated alkanes) is 2. The molecule has 1 aromatic rings. The lowest BCUT2D eigenvalue weighted by Crippen LogP contribution is -2.16. The third-order valence-corrected chi connectivity index (χ3v) is 5.90. The van der Waals surface area contributed by atoms with Crippen molar-refractivity contribution in [3.8, 4) is 12.3 Å². The fourth-order valence-corrected chi connectivity index (χ4v) is 3.82. The molecule has 1 heterocycles. The SMILES string of the molecule is C#CC.C/C=C/C(CC)=NCC.C=CC.CCCCCC(CCC)C1=NC(c2ccc(Cl)c(Cl)c2)=NC1. The first-order valence-electron chi connectivity index (χ1n) is 13.5. The van der Waals surface area contributed by atoms with Crippen molar-refractivity contribution in [1.82, 2.24) is 0 Å². The normalized spacial score (nSPS) is 13.0. The summed E-state index contributed by atoms with van der Waals surface area (Å²) in [5.74, 6) is 3.62. The molecule has 5 heteroatoms. The maximum Gasteiger partial charge on any atom is 0.154 e. The highest BCUT2D eigenvalue weighted by Gasteiger charge is 2.20. The summed E-state index contributed by atoms with van der Waals surface area (Å²) in [6.45, 7) is 19.2. The number of benzene rings is 1. The van der Waals surface area contributed by atoms with Gasteiger partial charge in [0.1, 0.15) is 0 Å². The van der Waals surface area contributed by atoms with Crippen LogP contribution in [0.5, 0.6) is 0 Å². The van der Waals surface area contributed by atoms with Crippen LogP contribution in [0, 0.1) is 18.3 Å². The number of amidine groups is 1. The highest BCUT2D eigenvalue weighted by molar-refractivity contribution is 6.42. The summed E-state index contributed by atoms with van der Waals surface area (Å²) < 4.78 is 0.